The van der Waals surface area contributed by atoms with Crippen molar-refractivity contribution >= 4 is 0 Å². The first-order valence-electron chi connectivity index (χ1n) is 7.77. The molecule has 0 aliphatic carbocycles. The largest absolute Gasteiger partial charge is 0.394 e. The van der Waals surface area contributed by atoms with Gasteiger partial charge < -0.3 is 20.2 Å². The molecule has 0 aromatic carbocycles. The summed E-state index contributed by atoms with van der Waals surface area (Å²) in [6, 6.07) is 0.730. The van der Waals surface area contributed by atoms with Gasteiger partial charge in [-0.15, -0.1) is 0 Å². The highest BCUT2D eigenvalue weighted by Crippen LogP contribution is 2.15. The number of aliphatic hydroxyl groups excluding tert-OH is 1. The van der Waals surface area contributed by atoms with E-state index in [2.05, 4.69) is 36.0 Å². The minimum Gasteiger partial charge on any atom is -0.394 e. The summed E-state index contributed by atoms with van der Waals surface area (Å²) in [7, 11) is 4.17. The van der Waals surface area contributed by atoms with Gasteiger partial charge in [-0.05, 0) is 46.8 Å². The van der Waals surface area contributed by atoms with Crippen molar-refractivity contribution in [3.05, 3.63) is 0 Å². The molecule has 1 saturated heterocycles. The highest BCUT2D eigenvalue weighted by Gasteiger charge is 2.23. The van der Waals surface area contributed by atoms with Crippen LogP contribution in [0.1, 0.15) is 39.5 Å². The van der Waals surface area contributed by atoms with Crippen LogP contribution in [0.15, 0.2) is 0 Å². The minimum atomic E-state index is -0.103. The van der Waals surface area contributed by atoms with E-state index in [4.69, 9.17) is 0 Å². The second-order valence-corrected chi connectivity index (χ2v) is 6.27. The van der Waals surface area contributed by atoms with E-state index in [9.17, 15) is 5.11 Å². The Bertz CT molecular complexity index is 244. The van der Waals surface area contributed by atoms with Crippen molar-refractivity contribution < 1.29 is 5.11 Å². The molecule has 2 atom stereocenters. The van der Waals surface area contributed by atoms with Crippen LogP contribution < -0.4 is 5.32 Å². The Labute approximate surface area is 119 Å². The Balaban J connectivity index is 2.19. The summed E-state index contributed by atoms with van der Waals surface area (Å²) >= 11 is 0. The molecular weight excluding hydrogens is 238 g/mol. The summed E-state index contributed by atoms with van der Waals surface area (Å²) in [4.78, 5) is 5.09. The smallest absolute Gasteiger partial charge is 0.0610 e. The van der Waals surface area contributed by atoms with E-state index in [1.54, 1.807) is 0 Å². The highest BCUT2D eigenvalue weighted by atomic mass is 16.3. The van der Waals surface area contributed by atoms with Gasteiger partial charge in [-0.2, -0.15) is 0 Å². The van der Waals surface area contributed by atoms with E-state index < -0.39 is 0 Å². The molecule has 19 heavy (non-hydrogen) atoms. The highest BCUT2D eigenvalue weighted by molar-refractivity contribution is 4.81. The molecule has 0 spiro atoms. The van der Waals surface area contributed by atoms with Crippen LogP contribution in [0.4, 0.5) is 0 Å². The van der Waals surface area contributed by atoms with Crippen molar-refractivity contribution in [1.29, 1.82) is 0 Å². The number of likely N-dealkylation sites (N-methyl/N-ethyl adjacent to an activating group) is 2. The van der Waals surface area contributed by atoms with Crippen molar-refractivity contribution in [1.82, 2.24) is 15.1 Å². The monoisotopic (exact) mass is 271 g/mol. The first-order chi connectivity index (χ1) is 9.04. The average Bonchev–Trinajstić information content (AvgIpc) is 2.45. The zero-order valence-electron chi connectivity index (χ0n) is 13.3. The number of nitrogens with zero attached hydrogens (tertiary/aromatic N) is 2. The standard InChI is InChI=1S/C15H33N3O/c1-5-14-12-18(11-10-17(14)4)9-7-6-8-15(2,13-19)16-3/h14,16,19H,5-13H2,1-4H3. The van der Waals surface area contributed by atoms with Crippen LogP contribution in [0.2, 0.25) is 0 Å². The molecule has 2 N–H and O–H groups in total. The van der Waals surface area contributed by atoms with Gasteiger partial charge in [-0.25, -0.2) is 0 Å². The molecule has 0 aromatic heterocycles. The van der Waals surface area contributed by atoms with E-state index in [1.165, 1.54) is 45.4 Å². The Morgan fingerprint density at radius 3 is 2.63 bits per heavy atom. The number of piperazine rings is 1. The van der Waals surface area contributed by atoms with Crippen LogP contribution in [-0.2, 0) is 0 Å². The van der Waals surface area contributed by atoms with Gasteiger partial charge >= 0.3 is 0 Å². The maximum atomic E-state index is 9.35. The van der Waals surface area contributed by atoms with Gasteiger partial charge in [-0.1, -0.05) is 13.3 Å². The quantitative estimate of drug-likeness (QED) is 0.650. The Kier molecular flexibility index (Phi) is 7.29. The lowest BCUT2D eigenvalue weighted by Crippen LogP contribution is -2.51. The molecule has 4 heteroatoms. The fourth-order valence-corrected chi connectivity index (χ4v) is 2.79. The van der Waals surface area contributed by atoms with Gasteiger partial charge in [0.05, 0.1) is 6.61 Å². The molecule has 2 unspecified atom stereocenters. The minimum absolute atomic E-state index is 0.103. The van der Waals surface area contributed by atoms with Crippen LogP contribution in [0.25, 0.3) is 0 Å². The fraction of sp³-hybridized carbons (Fsp3) is 1.00. The van der Waals surface area contributed by atoms with Crippen molar-refractivity contribution in [2.45, 2.75) is 51.1 Å². The first kappa shape index (κ1) is 16.9. The normalized spacial score (nSPS) is 25.4. The number of nitrogens with one attached hydrogen (secondary N) is 1. The van der Waals surface area contributed by atoms with Crippen LogP contribution in [0, 0.1) is 0 Å². The number of unbranched alkanes of at least 4 members (excludes halogenated alkanes) is 1. The lowest BCUT2D eigenvalue weighted by molar-refractivity contribution is 0.0907. The summed E-state index contributed by atoms with van der Waals surface area (Å²) in [5.74, 6) is 0. The second kappa shape index (κ2) is 8.20. The average molecular weight is 271 g/mol. The van der Waals surface area contributed by atoms with Gasteiger partial charge in [0, 0.05) is 31.2 Å². The van der Waals surface area contributed by atoms with E-state index in [0.29, 0.717) is 0 Å². The fourth-order valence-electron chi connectivity index (χ4n) is 2.79. The third-order valence-electron chi connectivity index (χ3n) is 4.74. The topological polar surface area (TPSA) is 38.7 Å². The summed E-state index contributed by atoms with van der Waals surface area (Å²) in [6.45, 7) is 9.42. The van der Waals surface area contributed by atoms with Gasteiger partial charge in [-0.3, -0.25) is 0 Å². The molecule has 1 heterocycles. The van der Waals surface area contributed by atoms with Crippen molar-refractivity contribution in [3.8, 4) is 0 Å². The van der Waals surface area contributed by atoms with E-state index in [0.717, 1.165) is 12.5 Å². The molecule has 1 aliphatic heterocycles. The van der Waals surface area contributed by atoms with Crippen LogP contribution in [-0.4, -0.2) is 73.4 Å². The number of rotatable bonds is 8. The van der Waals surface area contributed by atoms with E-state index in [-0.39, 0.29) is 12.1 Å². The van der Waals surface area contributed by atoms with E-state index >= 15 is 0 Å². The van der Waals surface area contributed by atoms with Gasteiger partial charge in [0.1, 0.15) is 0 Å². The maximum Gasteiger partial charge on any atom is 0.0610 e. The lowest BCUT2D eigenvalue weighted by Gasteiger charge is -2.39. The molecule has 0 aromatic rings. The zero-order chi connectivity index (χ0) is 14.3. The molecule has 1 fully saturated rings. The molecule has 1 rings (SSSR count). The third-order valence-corrected chi connectivity index (χ3v) is 4.74. The predicted octanol–water partition coefficient (Wildman–Crippen LogP) is 1.15. The van der Waals surface area contributed by atoms with Crippen LogP contribution in [0.3, 0.4) is 0 Å². The molecule has 1 aliphatic rings. The summed E-state index contributed by atoms with van der Waals surface area (Å²) in [5.41, 5.74) is -0.103. The Morgan fingerprint density at radius 2 is 2.05 bits per heavy atom. The molecule has 0 radical (unpaired) electrons. The summed E-state index contributed by atoms with van der Waals surface area (Å²) in [6.07, 6.45) is 4.71. The zero-order valence-corrected chi connectivity index (χ0v) is 13.3. The first-order valence-corrected chi connectivity index (χ1v) is 7.77. The number of hydrogen-bond donors (Lipinski definition) is 2. The lowest BCUT2D eigenvalue weighted by atomic mass is 9.96. The second-order valence-electron chi connectivity index (χ2n) is 6.27. The predicted molar refractivity (Wildman–Crippen MR) is 81.6 cm³/mol. The molecule has 4 nitrogen and oxygen atoms in total. The Morgan fingerprint density at radius 1 is 1.32 bits per heavy atom. The van der Waals surface area contributed by atoms with Crippen LogP contribution >= 0.6 is 0 Å². The number of aliphatic hydroxyl groups is 1. The van der Waals surface area contributed by atoms with Crippen molar-refractivity contribution in [3.63, 3.8) is 0 Å². The van der Waals surface area contributed by atoms with Gasteiger partial charge in [0.2, 0.25) is 0 Å². The SMILES string of the molecule is CCC1CN(CCCCC(C)(CO)NC)CCN1C. The third kappa shape index (κ3) is 5.38. The molecule has 0 amide bonds. The summed E-state index contributed by atoms with van der Waals surface area (Å²) < 4.78 is 0. The molecular formula is C15H33N3O. The number of hydrogen-bond acceptors (Lipinski definition) is 4. The molecule has 114 valence electrons. The summed E-state index contributed by atoms with van der Waals surface area (Å²) in [5, 5.41) is 12.6. The van der Waals surface area contributed by atoms with Crippen molar-refractivity contribution in [2.75, 3.05) is 46.9 Å². The van der Waals surface area contributed by atoms with Gasteiger partial charge in [0.15, 0.2) is 0 Å². The van der Waals surface area contributed by atoms with Gasteiger partial charge in [0.25, 0.3) is 0 Å². The maximum absolute atomic E-state index is 9.35. The van der Waals surface area contributed by atoms with Crippen molar-refractivity contribution in [2.24, 2.45) is 0 Å². The Hall–Kier alpha value is -0.160. The van der Waals surface area contributed by atoms with E-state index in [1.807, 2.05) is 7.05 Å². The van der Waals surface area contributed by atoms with Crippen LogP contribution in [0.5, 0.6) is 0 Å². The molecule has 0 saturated carbocycles. The molecule has 0 bridgehead atoms.